The number of rotatable bonds is 6. The maximum Gasteiger partial charge on any atom is 0.295 e. The molecule has 0 unspecified atom stereocenters. The van der Waals surface area contributed by atoms with Crippen LogP contribution in [-0.2, 0) is 4.74 Å². The van der Waals surface area contributed by atoms with Gasteiger partial charge in [0.15, 0.2) is 0 Å². The maximum atomic E-state index is 13.8. The lowest BCUT2D eigenvalue weighted by Crippen LogP contribution is -2.42. The number of aromatic nitrogens is 2. The number of nitro benzene ring substituents is 1. The van der Waals surface area contributed by atoms with Crippen LogP contribution in [0.4, 0.5) is 17.1 Å². The van der Waals surface area contributed by atoms with E-state index in [4.69, 9.17) is 9.47 Å². The number of methoxy groups -OCH3 is 1. The number of hydrogen-bond acceptors (Lipinski definition) is 8. The van der Waals surface area contributed by atoms with Crippen LogP contribution >= 0.6 is 0 Å². The summed E-state index contributed by atoms with van der Waals surface area (Å²) in [4.78, 5) is 29.3. The quantitative estimate of drug-likeness (QED) is 0.376. The van der Waals surface area contributed by atoms with Crippen molar-refractivity contribution in [1.82, 2.24) is 9.78 Å². The molecule has 10 nitrogen and oxygen atoms in total. The zero-order chi connectivity index (χ0) is 26.0. The SMILES string of the molecule is COc1cccc(-c2cc(N(C)C(C)(C)C)c(=O)n(-c3cc(N4CCOCC4)ccc3[N+](=O)[O-])n2)c1. The first kappa shape index (κ1) is 25.2. The summed E-state index contributed by atoms with van der Waals surface area (Å²) >= 11 is 0. The Morgan fingerprint density at radius 1 is 1.11 bits per heavy atom. The minimum absolute atomic E-state index is 0.113. The third-order valence-corrected chi connectivity index (χ3v) is 6.39. The molecule has 0 amide bonds. The lowest BCUT2D eigenvalue weighted by atomic mass is 10.1. The van der Waals surface area contributed by atoms with Crippen LogP contribution in [0.25, 0.3) is 16.9 Å². The number of nitro groups is 1. The Hall–Kier alpha value is -3.92. The molecule has 1 saturated heterocycles. The van der Waals surface area contributed by atoms with Crippen LogP contribution in [0.3, 0.4) is 0 Å². The van der Waals surface area contributed by atoms with E-state index in [1.807, 2.05) is 57.0 Å². The summed E-state index contributed by atoms with van der Waals surface area (Å²) in [6.07, 6.45) is 0. The van der Waals surface area contributed by atoms with Crippen molar-refractivity contribution in [2.75, 3.05) is 50.3 Å². The van der Waals surface area contributed by atoms with Crippen LogP contribution in [0.2, 0.25) is 0 Å². The normalized spacial score (nSPS) is 14.0. The molecule has 0 bridgehead atoms. The minimum Gasteiger partial charge on any atom is -0.497 e. The van der Waals surface area contributed by atoms with Crippen molar-refractivity contribution in [2.24, 2.45) is 0 Å². The van der Waals surface area contributed by atoms with Gasteiger partial charge in [0, 0.05) is 43.0 Å². The highest BCUT2D eigenvalue weighted by atomic mass is 16.6. The van der Waals surface area contributed by atoms with Gasteiger partial charge >= 0.3 is 0 Å². The van der Waals surface area contributed by atoms with Gasteiger partial charge in [0.25, 0.3) is 11.2 Å². The Morgan fingerprint density at radius 3 is 2.47 bits per heavy atom. The van der Waals surface area contributed by atoms with Crippen molar-refractivity contribution in [3.8, 4) is 22.7 Å². The molecule has 2 aromatic carbocycles. The van der Waals surface area contributed by atoms with Crippen molar-refractivity contribution < 1.29 is 14.4 Å². The number of ether oxygens (including phenoxy) is 2. The van der Waals surface area contributed by atoms with E-state index in [-0.39, 0.29) is 16.9 Å². The molecular weight excluding hydrogens is 462 g/mol. The predicted molar refractivity (Wildman–Crippen MR) is 140 cm³/mol. The van der Waals surface area contributed by atoms with E-state index < -0.39 is 10.5 Å². The number of nitrogens with zero attached hydrogens (tertiary/aromatic N) is 5. The van der Waals surface area contributed by atoms with Gasteiger partial charge in [-0.05, 0) is 51.1 Å². The molecule has 3 aromatic rings. The Labute approximate surface area is 209 Å². The molecule has 4 rings (SSSR count). The summed E-state index contributed by atoms with van der Waals surface area (Å²) < 4.78 is 12.0. The molecule has 1 fully saturated rings. The van der Waals surface area contributed by atoms with Crippen LogP contribution < -0.4 is 20.1 Å². The molecule has 0 spiro atoms. The monoisotopic (exact) mass is 493 g/mol. The van der Waals surface area contributed by atoms with E-state index in [9.17, 15) is 14.9 Å². The van der Waals surface area contributed by atoms with Gasteiger partial charge in [0.2, 0.25) is 0 Å². The summed E-state index contributed by atoms with van der Waals surface area (Å²) in [5.74, 6) is 0.637. The topological polar surface area (TPSA) is 103 Å². The lowest BCUT2D eigenvalue weighted by Gasteiger charge is -2.33. The van der Waals surface area contributed by atoms with Gasteiger partial charge in [-0.3, -0.25) is 14.9 Å². The second kappa shape index (κ2) is 9.98. The fourth-order valence-electron chi connectivity index (χ4n) is 4.02. The summed E-state index contributed by atoms with van der Waals surface area (Å²) in [6.45, 7) is 8.41. The molecule has 0 radical (unpaired) electrons. The summed E-state index contributed by atoms with van der Waals surface area (Å²) in [6, 6.07) is 13.8. The summed E-state index contributed by atoms with van der Waals surface area (Å²) in [5, 5.41) is 16.6. The van der Waals surface area contributed by atoms with Gasteiger partial charge < -0.3 is 19.3 Å². The van der Waals surface area contributed by atoms with Gasteiger partial charge in [-0.25, -0.2) is 0 Å². The zero-order valence-electron chi connectivity index (χ0n) is 21.2. The molecule has 1 aromatic heterocycles. The standard InChI is InChI=1S/C26H31N5O5/c1-26(2,3)28(4)24-17-21(18-7-6-8-20(15-18)35-5)27-30(25(24)32)23-16-19(9-10-22(23)31(33)34)29-11-13-36-14-12-29/h6-10,15-17H,11-14H2,1-5H3. The van der Waals surface area contributed by atoms with Crippen LogP contribution in [0.15, 0.2) is 53.3 Å². The molecule has 0 saturated carbocycles. The molecule has 0 N–H and O–H groups in total. The number of anilines is 2. The van der Waals surface area contributed by atoms with Crippen LogP contribution in [0.5, 0.6) is 5.75 Å². The zero-order valence-corrected chi connectivity index (χ0v) is 21.2. The van der Waals surface area contributed by atoms with Crippen LogP contribution in [-0.4, -0.2) is 60.7 Å². The van der Waals surface area contributed by atoms with E-state index in [1.165, 1.54) is 6.07 Å². The van der Waals surface area contributed by atoms with Crippen LogP contribution in [0, 0.1) is 10.1 Å². The van der Waals surface area contributed by atoms with E-state index >= 15 is 0 Å². The number of hydrogen-bond donors (Lipinski definition) is 0. The van der Waals surface area contributed by atoms with E-state index in [2.05, 4.69) is 10.00 Å². The van der Waals surface area contributed by atoms with Crippen molar-refractivity contribution in [3.63, 3.8) is 0 Å². The van der Waals surface area contributed by atoms with Crippen molar-refractivity contribution >= 4 is 17.1 Å². The first-order valence-corrected chi connectivity index (χ1v) is 11.7. The van der Waals surface area contributed by atoms with E-state index in [1.54, 1.807) is 25.3 Å². The molecule has 0 atom stereocenters. The first-order chi connectivity index (χ1) is 17.1. The average molecular weight is 494 g/mol. The fraction of sp³-hybridized carbons (Fsp3) is 0.385. The summed E-state index contributed by atoms with van der Waals surface area (Å²) in [7, 11) is 3.40. The molecular formula is C26H31N5O5. The van der Waals surface area contributed by atoms with Crippen molar-refractivity contribution in [2.45, 2.75) is 26.3 Å². The van der Waals surface area contributed by atoms with Gasteiger partial charge in [0.05, 0.1) is 30.9 Å². The maximum absolute atomic E-state index is 13.8. The van der Waals surface area contributed by atoms with Crippen molar-refractivity contribution in [3.05, 3.63) is 69.0 Å². The largest absolute Gasteiger partial charge is 0.497 e. The third-order valence-electron chi connectivity index (χ3n) is 6.39. The molecule has 190 valence electrons. The highest BCUT2D eigenvalue weighted by molar-refractivity contribution is 5.68. The van der Waals surface area contributed by atoms with Crippen molar-refractivity contribution in [1.29, 1.82) is 0 Å². The molecule has 0 aliphatic carbocycles. The van der Waals surface area contributed by atoms with Crippen LogP contribution in [0.1, 0.15) is 20.8 Å². The fourth-order valence-corrected chi connectivity index (χ4v) is 4.02. The summed E-state index contributed by atoms with van der Waals surface area (Å²) in [5.41, 5.74) is 1.44. The molecule has 10 heteroatoms. The number of morpholine rings is 1. The Bertz CT molecular complexity index is 1330. The number of benzene rings is 2. The second-order valence-corrected chi connectivity index (χ2v) is 9.62. The highest BCUT2D eigenvalue weighted by Gasteiger charge is 2.26. The predicted octanol–water partition coefficient (Wildman–Crippen LogP) is 3.89. The average Bonchev–Trinajstić information content (AvgIpc) is 2.88. The Balaban J connectivity index is 1.98. The molecule has 36 heavy (non-hydrogen) atoms. The third kappa shape index (κ3) is 5.03. The Morgan fingerprint density at radius 2 is 1.83 bits per heavy atom. The second-order valence-electron chi connectivity index (χ2n) is 9.62. The van der Waals surface area contributed by atoms with Gasteiger partial charge in [-0.15, -0.1) is 0 Å². The Kier molecular flexibility index (Phi) is 6.98. The van der Waals surface area contributed by atoms with Gasteiger partial charge in [-0.1, -0.05) is 12.1 Å². The lowest BCUT2D eigenvalue weighted by molar-refractivity contribution is -0.384. The van der Waals surface area contributed by atoms with Gasteiger partial charge in [-0.2, -0.15) is 9.78 Å². The highest BCUT2D eigenvalue weighted by Crippen LogP contribution is 2.31. The first-order valence-electron chi connectivity index (χ1n) is 11.7. The van der Waals surface area contributed by atoms with E-state index in [0.29, 0.717) is 43.4 Å². The molecule has 1 aliphatic rings. The minimum atomic E-state index is -0.488. The molecule has 1 aliphatic heterocycles. The smallest absolute Gasteiger partial charge is 0.295 e. The van der Waals surface area contributed by atoms with Gasteiger partial charge in [0.1, 0.15) is 17.1 Å². The molecule has 2 heterocycles. The van der Waals surface area contributed by atoms with E-state index in [0.717, 1.165) is 15.9 Å².